The fourth-order valence-electron chi connectivity index (χ4n) is 3.07. The Morgan fingerprint density at radius 3 is 1.88 bits per heavy atom. The van der Waals surface area contributed by atoms with Crippen molar-refractivity contribution >= 4 is 5.69 Å². The van der Waals surface area contributed by atoms with Crippen LogP contribution < -0.4 is 5.49 Å². The summed E-state index contributed by atoms with van der Waals surface area (Å²) in [5, 5.41) is 0. The van der Waals surface area contributed by atoms with Crippen LogP contribution in [-0.4, -0.2) is 4.98 Å². The van der Waals surface area contributed by atoms with Crippen molar-refractivity contribution in [3.8, 4) is 11.3 Å². The molecule has 2 nitrogen and oxygen atoms in total. The lowest BCUT2D eigenvalue weighted by atomic mass is 9.93. The van der Waals surface area contributed by atoms with Crippen molar-refractivity contribution in [3.05, 3.63) is 83.3 Å². The monoisotopic (exact) mass is 330 g/mol. The summed E-state index contributed by atoms with van der Waals surface area (Å²) in [5.41, 5.74) is 6.83. The first-order chi connectivity index (χ1) is 12.1. The fraction of sp³-hybridized carbons (Fsp3) is 0.261. The van der Waals surface area contributed by atoms with Gasteiger partial charge < -0.3 is 4.98 Å². The predicted octanol–water partition coefficient (Wildman–Crippen LogP) is 6.16. The Morgan fingerprint density at radius 1 is 0.680 bits per heavy atom. The summed E-state index contributed by atoms with van der Waals surface area (Å²) in [6.07, 6.45) is 0. The Bertz CT molecular complexity index is 876. The maximum atomic E-state index is 5.01. The molecule has 0 amide bonds. The van der Waals surface area contributed by atoms with E-state index in [9.17, 15) is 0 Å². The molecular weight excluding hydrogens is 304 g/mol. The average molecular weight is 330 g/mol. The summed E-state index contributed by atoms with van der Waals surface area (Å²) in [7, 11) is 0. The Hall–Kier alpha value is -2.61. The highest BCUT2D eigenvalue weighted by Crippen LogP contribution is 2.34. The summed E-state index contributed by atoms with van der Waals surface area (Å²) in [6, 6.07) is 23.1. The van der Waals surface area contributed by atoms with Crippen molar-refractivity contribution in [2.24, 2.45) is 4.99 Å². The van der Waals surface area contributed by atoms with Crippen molar-refractivity contribution in [2.45, 2.75) is 39.5 Å². The molecule has 2 aromatic carbocycles. The quantitative estimate of drug-likeness (QED) is 0.593. The second-order valence-electron chi connectivity index (χ2n) is 7.02. The molecule has 0 bridgehead atoms. The van der Waals surface area contributed by atoms with E-state index in [0.717, 1.165) is 16.9 Å². The Morgan fingerprint density at radius 2 is 1.28 bits per heavy atom. The smallest absolute Gasteiger partial charge is 0.131 e. The summed E-state index contributed by atoms with van der Waals surface area (Å²) < 4.78 is 0. The maximum Gasteiger partial charge on any atom is 0.131 e. The van der Waals surface area contributed by atoms with E-state index in [1.165, 1.54) is 16.7 Å². The fourth-order valence-corrected chi connectivity index (χ4v) is 3.07. The van der Waals surface area contributed by atoms with Crippen LogP contribution in [0.2, 0.25) is 0 Å². The van der Waals surface area contributed by atoms with E-state index in [4.69, 9.17) is 4.99 Å². The molecule has 1 heterocycles. The van der Waals surface area contributed by atoms with Crippen molar-refractivity contribution in [1.29, 1.82) is 0 Å². The van der Waals surface area contributed by atoms with E-state index in [1.807, 2.05) is 12.1 Å². The first-order valence-electron chi connectivity index (χ1n) is 8.98. The van der Waals surface area contributed by atoms with Crippen LogP contribution in [0.4, 0.5) is 5.69 Å². The number of H-pyrrole nitrogens is 1. The molecule has 1 aromatic heterocycles. The molecule has 0 spiro atoms. The lowest BCUT2D eigenvalue weighted by Gasteiger charge is -2.16. The van der Waals surface area contributed by atoms with Crippen LogP contribution in [0.1, 0.15) is 50.7 Å². The minimum Gasteiger partial charge on any atom is -0.340 e. The van der Waals surface area contributed by atoms with Gasteiger partial charge in [-0.25, -0.2) is 4.99 Å². The predicted molar refractivity (Wildman–Crippen MR) is 106 cm³/mol. The number of nitrogens with zero attached hydrogens (tertiary/aromatic N) is 1. The number of para-hydroxylation sites is 1. The molecular formula is C23H26N2. The van der Waals surface area contributed by atoms with E-state index in [0.29, 0.717) is 11.8 Å². The van der Waals surface area contributed by atoms with E-state index in [-0.39, 0.29) is 0 Å². The Kier molecular flexibility index (Phi) is 5.18. The van der Waals surface area contributed by atoms with E-state index < -0.39 is 0 Å². The molecule has 25 heavy (non-hydrogen) atoms. The molecule has 0 unspecified atom stereocenters. The second kappa shape index (κ2) is 7.52. The Labute approximate surface area is 150 Å². The number of aromatic nitrogens is 1. The average Bonchev–Trinajstić information content (AvgIpc) is 2.62. The lowest BCUT2D eigenvalue weighted by molar-refractivity contribution is 0.831. The Balaban J connectivity index is 2.16. The molecule has 0 aliphatic heterocycles. The second-order valence-corrected chi connectivity index (χ2v) is 7.02. The largest absolute Gasteiger partial charge is 0.340 e. The van der Waals surface area contributed by atoms with Crippen LogP contribution in [-0.2, 0) is 0 Å². The van der Waals surface area contributed by atoms with Gasteiger partial charge in [0.15, 0.2) is 0 Å². The zero-order valence-electron chi connectivity index (χ0n) is 15.5. The van der Waals surface area contributed by atoms with Crippen LogP contribution in [0.25, 0.3) is 11.3 Å². The summed E-state index contributed by atoms with van der Waals surface area (Å²) >= 11 is 0. The molecule has 128 valence electrons. The van der Waals surface area contributed by atoms with Crippen molar-refractivity contribution in [2.75, 3.05) is 0 Å². The third kappa shape index (κ3) is 3.90. The first-order valence-corrected chi connectivity index (χ1v) is 8.98. The molecule has 1 N–H and O–H groups in total. The van der Waals surface area contributed by atoms with Gasteiger partial charge in [0.05, 0.1) is 5.69 Å². The van der Waals surface area contributed by atoms with Gasteiger partial charge in [-0.1, -0.05) is 82.3 Å². The van der Waals surface area contributed by atoms with Gasteiger partial charge in [-0.3, -0.25) is 0 Å². The van der Waals surface area contributed by atoms with Crippen molar-refractivity contribution < 1.29 is 0 Å². The van der Waals surface area contributed by atoms with Gasteiger partial charge in [-0.2, -0.15) is 0 Å². The third-order valence-electron chi connectivity index (χ3n) is 4.44. The molecule has 2 heteroatoms. The van der Waals surface area contributed by atoms with Gasteiger partial charge in [0.25, 0.3) is 0 Å². The van der Waals surface area contributed by atoms with Gasteiger partial charge in [0.1, 0.15) is 5.49 Å². The molecule has 3 aromatic rings. The minimum atomic E-state index is 0.440. The highest BCUT2D eigenvalue weighted by Gasteiger charge is 2.12. The molecule has 0 radical (unpaired) electrons. The number of pyridine rings is 1. The summed E-state index contributed by atoms with van der Waals surface area (Å²) in [5.74, 6) is 0.879. The van der Waals surface area contributed by atoms with E-state index in [1.54, 1.807) is 0 Å². The minimum absolute atomic E-state index is 0.440. The highest BCUT2D eigenvalue weighted by atomic mass is 14.9. The number of hydrogen-bond acceptors (Lipinski definition) is 1. The normalized spacial score (nSPS) is 12.2. The van der Waals surface area contributed by atoms with Crippen LogP contribution in [0.3, 0.4) is 0 Å². The summed E-state index contributed by atoms with van der Waals surface area (Å²) in [4.78, 5) is 8.49. The van der Waals surface area contributed by atoms with Gasteiger partial charge in [0.2, 0.25) is 0 Å². The molecule has 0 fully saturated rings. The molecule has 3 rings (SSSR count). The first kappa shape index (κ1) is 17.2. The standard InChI is InChI=1S/C23H26N2/c1-16(2)19-12-8-13-20(17(3)4)23(19)25-22-15-9-14-21(24-22)18-10-6-5-7-11-18/h5-17H,1-4H3,(H,24,25). The van der Waals surface area contributed by atoms with Crippen LogP contribution in [0.15, 0.2) is 71.7 Å². The van der Waals surface area contributed by atoms with E-state index in [2.05, 4.69) is 87.3 Å². The van der Waals surface area contributed by atoms with Crippen molar-refractivity contribution in [3.63, 3.8) is 0 Å². The topological polar surface area (TPSA) is 28.1 Å². The number of aromatic amines is 1. The summed E-state index contributed by atoms with van der Waals surface area (Å²) in [6.45, 7) is 8.90. The van der Waals surface area contributed by atoms with Crippen molar-refractivity contribution in [1.82, 2.24) is 4.98 Å². The van der Waals surface area contributed by atoms with E-state index >= 15 is 0 Å². The lowest BCUT2D eigenvalue weighted by Crippen LogP contribution is -2.08. The molecule has 0 atom stereocenters. The van der Waals surface area contributed by atoms with Gasteiger partial charge in [-0.15, -0.1) is 0 Å². The van der Waals surface area contributed by atoms with Gasteiger partial charge in [-0.05, 0) is 40.7 Å². The number of rotatable bonds is 4. The number of hydrogen-bond donors (Lipinski definition) is 1. The zero-order valence-corrected chi connectivity index (χ0v) is 15.5. The van der Waals surface area contributed by atoms with Crippen LogP contribution >= 0.6 is 0 Å². The molecule has 0 aliphatic carbocycles. The molecule has 0 saturated carbocycles. The zero-order chi connectivity index (χ0) is 17.8. The molecule has 0 saturated heterocycles. The van der Waals surface area contributed by atoms with Crippen LogP contribution in [0.5, 0.6) is 0 Å². The highest BCUT2D eigenvalue weighted by molar-refractivity contribution is 5.59. The van der Waals surface area contributed by atoms with Gasteiger partial charge in [0, 0.05) is 5.69 Å². The SMILES string of the molecule is CC(C)c1cccc(C(C)C)c1/N=c1\cccc(-c2ccccc2)[nH]1. The maximum absolute atomic E-state index is 5.01. The number of benzene rings is 2. The third-order valence-corrected chi connectivity index (χ3v) is 4.44. The van der Waals surface area contributed by atoms with Crippen LogP contribution in [0, 0.1) is 0 Å². The van der Waals surface area contributed by atoms with Gasteiger partial charge >= 0.3 is 0 Å². The number of nitrogens with one attached hydrogen (secondary N) is 1. The molecule has 0 aliphatic rings.